The SMILES string of the molecule is CN(C)C1[C@@H]2CC[C@H]1CN(Cc1ccc(C(=O)O)cc1)C2. The van der Waals surface area contributed by atoms with Crippen LogP contribution in [0.4, 0.5) is 0 Å². The van der Waals surface area contributed by atoms with E-state index in [2.05, 4.69) is 23.9 Å². The van der Waals surface area contributed by atoms with Crippen LogP contribution in [-0.4, -0.2) is 54.1 Å². The minimum absolute atomic E-state index is 0.366. The summed E-state index contributed by atoms with van der Waals surface area (Å²) < 4.78 is 0. The number of aromatic carboxylic acids is 1. The Bertz CT molecular complexity index is 498. The Morgan fingerprint density at radius 3 is 2.24 bits per heavy atom. The van der Waals surface area contributed by atoms with E-state index in [1.807, 2.05) is 12.1 Å². The predicted molar refractivity (Wildman–Crippen MR) is 82.4 cm³/mol. The summed E-state index contributed by atoms with van der Waals surface area (Å²) >= 11 is 0. The zero-order valence-corrected chi connectivity index (χ0v) is 12.8. The van der Waals surface area contributed by atoms with Gasteiger partial charge in [-0.15, -0.1) is 0 Å². The van der Waals surface area contributed by atoms with E-state index < -0.39 is 5.97 Å². The summed E-state index contributed by atoms with van der Waals surface area (Å²) in [4.78, 5) is 15.8. The van der Waals surface area contributed by atoms with Crippen molar-refractivity contribution in [1.29, 1.82) is 0 Å². The van der Waals surface area contributed by atoms with E-state index in [1.165, 1.54) is 31.5 Å². The molecule has 3 atom stereocenters. The molecule has 1 unspecified atom stereocenters. The molecular weight excluding hydrogens is 264 g/mol. The highest BCUT2D eigenvalue weighted by molar-refractivity contribution is 5.87. The second-order valence-corrected chi connectivity index (χ2v) is 6.75. The van der Waals surface area contributed by atoms with E-state index in [-0.39, 0.29) is 0 Å². The topological polar surface area (TPSA) is 43.8 Å². The second-order valence-electron chi connectivity index (χ2n) is 6.75. The fourth-order valence-corrected chi connectivity index (χ4v) is 4.27. The Balaban J connectivity index is 1.64. The molecule has 1 aliphatic heterocycles. The molecule has 0 spiro atoms. The van der Waals surface area contributed by atoms with Crippen molar-refractivity contribution >= 4 is 5.97 Å². The summed E-state index contributed by atoms with van der Waals surface area (Å²) in [5.41, 5.74) is 1.58. The smallest absolute Gasteiger partial charge is 0.335 e. The van der Waals surface area contributed by atoms with E-state index in [9.17, 15) is 4.79 Å². The quantitative estimate of drug-likeness (QED) is 0.922. The zero-order valence-electron chi connectivity index (χ0n) is 12.8. The molecule has 1 heterocycles. The Hall–Kier alpha value is -1.39. The minimum atomic E-state index is -0.855. The molecule has 3 rings (SSSR count). The molecule has 0 radical (unpaired) electrons. The Morgan fingerprint density at radius 2 is 1.76 bits per heavy atom. The fraction of sp³-hybridized carbons (Fsp3) is 0.588. The number of hydrogen-bond acceptors (Lipinski definition) is 3. The molecule has 1 aromatic carbocycles. The van der Waals surface area contributed by atoms with Crippen molar-refractivity contribution in [2.45, 2.75) is 25.4 Å². The lowest BCUT2D eigenvalue weighted by Gasteiger charge is -2.41. The van der Waals surface area contributed by atoms with Crippen LogP contribution in [0.3, 0.4) is 0 Å². The maximum Gasteiger partial charge on any atom is 0.335 e. The lowest BCUT2D eigenvalue weighted by atomic mass is 9.91. The van der Waals surface area contributed by atoms with Crippen molar-refractivity contribution in [2.75, 3.05) is 27.2 Å². The maximum atomic E-state index is 10.9. The van der Waals surface area contributed by atoms with Gasteiger partial charge in [-0.2, -0.15) is 0 Å². The molecule has 2 bridgehead atoms. The van der Waals surface area contributed by atoms with Crippen LogP contribution in [0, 0.1) is 11.8 Å². The number of nitrogens with zero attached hydrogens (tertiary/aromatic N) is 2. The third-order valence-corrected chi connectivity index (χ3v) is 5.06. The van der Waals surface area contributed by atoms with E-state index in [0.717, 1.165) is 24.4 Å². The molecule has 1 aromatic rings. The Labute approximate surface area is 126 Å². The van der Waals surface area contributed by atoms with Crippen molar-refractivity contribution in [3.63, 3.8) is 0 Å². The van der Waals surface area contributed by atoms with E-state index in [1.54, 1.807) is 12.1 Å². The zero-order chi connectivity index (χ0) is 15.0. The number of likely N-dealkylation sites (tertiary alicyclic amines) is 1. The number of carboxylic acids is 1. The first-order valence-electron chi connectivity index (χ1n) is 7.75. The minimum Gasteiger partial charge on any atom is -0.478 e. The van der Waals surface area contributed by atoms with Crippen LogP contribution < -0.4 is 0 Å². The molecule has 4 heteroatoms. The highest BCUT2D eigenvalue weighted by atomic mass is 16.4. The summed E-state index contributed by atoms with van der Waals surface area (Å²) in [5.74, 6) is 0.723. The number of fused-ring (bicyclic) bond motifs is 2. The molecule has 114 valence electrons. The van der Waals surface area contributed by atoms with Gasteiger partial charge >= 0.3 is 5.97 Å². The average Bonchev–Trinajstić information content (AvgIpc) is 2.72. The fourth-order valence-electron chi connectivity index (χ4n) is 4.27. The average molecular weight is 288 g/mol. The first kappa shape index (κ1) is 14.5. The molecule has 1 saturated carbocycles. The first-order valence-corrected chi connectivity index (χ1v) is 7.75. The lowest BCUT2D eigenvalue weighted by Crippen LogP contribution is -2.50. The van der Waals surface area contributed by atoms with Gasteiger partial charge in [-0.1, -0.05) is 12.1 Å². The number of piperidine rings is 1. The van der Waals surface area contributed by atoms with Crippen LogP contribution >= 0.6 is 0 Å². The number of rotatable bonds is 4. The van der Waals surface area contributed by atoms with Crippen molar-refractivity contribution in [2.24, 2.45) is 11.8 Å². The molecular formula is C17H24N2O2. The maximum absolute atomic E-state index is 10.9. The number of carboxylic acid groups (broad SMARTS) is 1. The third-order valence-electron chi connectivity index (χ3n) is 5.06. The molecule has 0 aromatic heterocycles. The standard InChI is InChI=1S/C17H24N2O2/c1-18(2)16-14-7-8-15(16)11-19(10-14)9-12-3-5-13(6-4-12)17(20)21/h3-6,14-16H,7-11H2,1-2H3,(H,20,21)/t14-,15+,16?. The van der Waals surface area contributed by atoms with Crippen molar-refractivity contribution in [1.82, 2.24) is 9.80 Å². The van der Waals surface area contributed by atoms with Gasteiger partial charge in [0.1, 0.15) is 0 Å². The monoisotopic (exact) mass is 288 g/mol. The van der Waals surface area contributed by atoms with Gasteiger partial charge in [0.15, 0.2) is 0 Å². The van der Waals surface area contributed by atoms with E-state index in [0.29, 0.717) is 5.56 Å². The first-order chi connectivity index (χ1) is 10.0. The van der Waals surface area contributed by atoms with Crippen LogP contribution in [0.2, 0.25) is 0 Å². The van der Waals surface area contributed by atoms with Crippen LogP contribution in [-0.2, 0) is 6.54 Å². The Morgan fingerprint density at radius 1 is 1.19 bits per heavy atom. The molecule has 2 fully saturated rings. The van der Waals surface area contributed by atoms with Gasteiger partial charge in [-0.25, -0.2) is 4.79 Å². The molecule has 1 aliphatic carbocycles. The number of carbonyl (C=O) groups is 1. The van der Waals surface area contributed by atoms with Gasteiger partial charge in [0.2, 0.25) is 0 Å². The largest absolute Gasteiger partial charge is 0.478 e. The molecule has 4 nitrogen and oxygen atoms in total. The predicted octanol–water partition coefficient (Wildman–Crippen LogP) is 2.16. The summed E-state index contributed by atoms with van der Waals surface area (Å²) in [5, 5.41) is 8.94. The van der Waals surface area contributed by atoms with Gasteiger partial charge < -0.3 is 10.0 Å². The van der Waals surface area contributed by atoms with Gasteiger partial charge in [0.05, 0.1) is 5.56 Å². The van der Waals surface area contributed by atoms with Gasteiger partial charge in [-0.3, -0.25) is 4.90 Å². The van der Waals surface area contributed by atoms with Crippen molar-refractivity contribution < 1.29 is 9.90 Å². The lowest BCUT2D eigenvalue weighted by molar-refractivity contribution is 0.0696. The molecule has 1 N–H and O–H groups in total. The highest BCUT2D eigenvalue weighted by Crippen LogP contribution is 2.39. The van der Waals surface area contributed by atoms with E-state index in [4.69, 9.17) is 5.11 Å². The van der Waals surface area contributed by atoms with Crippen LogP contribution in [0.15, 0.2) is 24.3 Å². The van der Waals surface area contributed by atoms with Crippen molar-refractivity contribution in [3.05, 3.63) is 35.4 Å². The van der Waals surface area contributed by atoms with Crippen molar-refractivity contribution in [3.8, 4) is 0 Å². The highest BCUT2D eigenvalue weighted by Gasteiger charge is 2.42. The third kappa shape index (κ3) is 2.97. The molecule has 1 saturated heterocycles. The van der Waals surface area contributed by atoms with Gasteiger partial charge in [0.25, 0.3) is 0 Å². The van der Waals surface area contributed by atoms with E-state index >= 15 is 0 Å². The second kappa shape index (κ2) is 5.78. The van der Waals surface area contributed by atoms with Crippen LogP contribution in [0.25, 0.3) is 0 Å². The van der Waals surface area contributed by atoms with Gasteiger partial charge in [-0.05, 0) is 56.5 Å². The van der Waals surface area contributed by atoms with Crippen LogP contribution in [0.5, 0.6) is 0 Å². The summed E-state index contributed by atoms with van der Waals surface area (Å²) in [6.45, 7) is 3.27. The summed E-state index contributed by atoms with van der Waals surface area (Å²) in [6.07, 6.45) is 2.70. The number of benzene rings is 1. The summed E-state index contributed by atoms with van der Waals surface area (Å²) in [6, 6.07) is 8.06. The molecule has 0 amide bonds. The normalized spacial score (nSPS) is 29.0. The van der Waals surface area contributed by atoms with Crippen LogP contribution in [0.1, 0.15) is 28.8 Å². The summed E-state index contributed by atoms with van der Waals surface area (Å²) in [7, 11) is 4.41. The molecule has 2 aliphatic rings. The van der Waals surface area contributed by atoms with Gasteiger partial charge in [0, 0.05) is 25.7 Å². The molecule has 21 heavy (non-hydrogen) atoms. The Kier molecular flexibility index (Phi) is 4.00. The number of hydrogen-bond donors (Lipinski definition) is 1.